The number of carbonyl (C=O) groups is 5. The number of halogens is 1. The first-order valence-electron chi connectivity index (χ1n) is 14.8. The molecule has 0 saturated carbocycles. The Kier molecular flexibility index (Phi) is 18.7. The van der Waals surface area contributed by atoms with Crippen molar-refractivity contribution in [3.63, 3.8) is 0 Å². The van der Waals surface area contributed by atoms with E-state index in [0.717, 1.165) is 31.0 Å². The summed E-state index contributed by atoms with van der Waals surface area (Å²) in [6.07, 6.45) is 4.79. The first-order chi connectivity index (χ1) is 20.9. The fourth-order valence-electron chi connectivity index (χ4n) is 3.97. The number of nitrogens with one attached hydrogen (secondary N) is 3. The lowest BCUT2D eigenvalue weighted by Gasteiger charge is -2.21. The van der Waals surface area contributed by atoms with Crippen LogP contribution in [0.15, 0.2) is 0 Å². The van der Waals surface area contributed by atoms with Crippen LogP contribution < -0.4 is 15.4 Å². The Morgan fingerprint density at radius 2 is 1.45 bits per heavy atom. The van der Waals surface area contributed by atoms with E-state index in [1.165, 1.54) is 0 Å². The molecule has 1 aliphatic carbocycles. The summed E-state index contributed by atoms with van der Waals surface area (Å²) >= 11 is 0. The fourth-order valence-corrected chi connectivity index (χ4v) is 4.99. The molecule has 0 radical (unpaired) electrons. The van der Waals surface area contributed by atoms with E-state index in [2.05, 4.69) is 22.5 Å². The second kappa shape index (κ2) is 21.3. The number of hydrogen-bond donors (Lipinski definition) is 3. The van der Waals surface area contributed by atoms with E-state index in [4.69, 9.17) is 14.2 Å². The van der Waals surface area contributed by atoms with Gasteiger partial charge in [-0.15, -0.1) is 0 Å². The van der Waals surface area contributed by atoms with Crippen molar-refractivity contribution in [1.29, 1.82) is 0 Å². The third kappa shape index (κ3) is 17.6. The zero-order valence-corrected chi connectivity index (χ0v) is 26.4. The lowest BCUT2D eigenvalue weighted by Crippen LogP contribution is -2.46. The van der Waals surface area contributed by atoms with Crippen LogP contribution in [0.25, 0.3) is 0 Å². The highest BCUT2D eigenvalue weighted by Crippen LogP contribution is 2.22. The fraction of sp³-hybridized carbons (Fsp3) is 0.750. The largest absolute Gasteiger partial charge is 0.464 e. The summed E-state index contributed by atoms with van der Waals surface area (Å²) in [5.41, 5.74) is -2.15. The first kappa shape index (κ1) is 38.6. The Balaban J connectivity index is 2.19. The zero-order chi connectivity index (χ0) is 32.8. The van der Waals surface area contributed by atoms with Gasteiger partial charge >= 0.3 is 28.2 Å². The predicted molar refractivity (Wildman–Crippen MR) is 157 cm³/mol. The number of nitrogens with zero attached hydrogens (tertiary/aromatic N) is 1. The standard InChI is InChI=1S/C28H45FN4O10S/c1-23(34)41-21-18-33(19-22-42-24(2)35)44(39,40)32-27(38)43-20-12-6-10-16-30-25(36)13-7-11-17-31-26(37)28(29)14-8-4-3-5-9-15-28/h3-8,10-14,16-22H2,1-2H3,(H,30,36)(H,31,37)(H,32,38). The van der Waals surface area contributed by atoms with E-state index in [9.17, 15) is 36.8 Å². The zero-order valence-electron chi connectivity index (χ0n) is 25.5. The highest BCUT2D eigenvalue weighted by atomic mass is 32.2. The van der Waals surface area contributed by atoms with Gasteiger partial charge < -0.3 is 24.8 Å². The molecule has 14 nitrogen and oxygen atoms in total. The van der Waals surface area contributed by atoms with E-state index < -0.39 is 39.8 Å². The molecular formula is C28H45FN4O10S. The molecular weight excluding hydrogens is 603 g/mol. The smallest absolute Gasteiger partial charge is 0.421 e. The summed E-state index contributed by atoms with van der Waals surface area (Å²) in [5, 5.41) is 5.35. The van der Waals surface area contributed by atoms with Crippen molar-refractivity contribution in [3.8, 4) is 11.8 Å². The number of amides is 3. The molecule has 0 fully saturated rings. The van der Waals surface area contributed by atoms with Gasteiger partial charge in [-0.2, -0.15) is 12.7 Å². The normalized spacial score (nSPS) is 16.4. The van der Waals surface area contributed by atoms with Crippen LogP contribution in [0.3, 0.4) is 0 Å². The van der Waals surface area contributed by atoms with Crippen LogP contribution in [0, 0.1) is 11.8 Å². The minimum absolute atomic E-state index is 0.0618. The Morgan fingerprint density at radius 1 is 0.818 bits per heavy atom. The second-order valence-corrected chi connectivity index (χ2v) is 11.8. The number of alkyl halides is 1. The summed E-state index contributed by atoms with van der Waals surface area (Å²) in [6.45, 7) is 1.83. The quantitative estimate of drug-likeness (QED) is 0.0758. The van der Waals surface area contributed by atoms with Crippen molar-refractivity contribution in [3.05, 3.63) is 0 Å². The number of esters is 2. The molecule has 16 heteroatoms. The average molecular weight is 649 g/mol. The summed E-state index contributed by atoms with van der Waals surface area (Å²) in [6, 6.07) is 0. The molecule has 3 amide bonds. The van der Waals surface area contributed by atoms with Gasteiger partial charge in [0.2, 0.25) is 11.6 Å². The SMILES string of the molecule is CC(=O)OCCN(CCOC(C)=O)S(=O)(=O)NC(=O)OCCCCCNC(=O)CCCCNC(=O)C1(F)C#CCCCCC1. The van der Waals surface area contributed by atoms with Crippen molar-refractivity contribution in [2.75, 3.05) is 46.0 Å². The molecule has 1 unspecified atom stereocenters. The Hall–Kier alpha value is -3.45. The van der Waals surface area contributed by atoms with Gasteiger partial charge in [-0.05, 0) is 44.9 Å². The molecule has 1 rings (SSSR count). The van der Waals surface area contributed by atoms with Crippen LogP contribution in [0.4, 0.5) is 9.18 Å². The highest BCUT2D eigenvalue weighted by Gasteiger charge is 2.36. The molecule has 3 N–H and O–H groups in total. The first-order valence-corrected chi connectivity index (χ1v) is 16.2. The van der Waals surface area contributed by atoms with Gasteiger partial charge in [-0.3, -0.25) is 19.2 Å². The van der Waals surface area contributed by atoms with Gasteiger partial charge in [0.1, 0.15) is 13.2 Å². The molecule has 0 saturated heterocycles. The molecule has 0 aromatic carbocycles. The lowest BCUT2D eigenvalue weighted by atomic mass is 9.94. The number of ether oxygens (including phenoxy) is 3. The maximum Gasteiger partial charge on any atom is 0.421 e. The second-order valence-electron chi connectivity index (χ2n) is 10.1. The summed E-state index contributed by atoms with van der Waals surface area (Å²) < 4.78 is 56.8. The van der Waals surface area contributed by atoms with Crippen LogP contribution in [0.5, 0.6) is 0 Å². The number of rotatable bonds is 20. The predicted octanol–water partition coefficient (Wildman–Crippen LogP) is 1.63. The molecule has 0 aliphatic heterocycles. The lowest BCUT2D eigenvalue weighted by molar-refractivity contribution is -0.141. The van der Waals surface area contributed by atoms with Crippen LogP contribution >= 0.6 is 0 Å². The van der Waals surface area contributed by atoms with E-state index in [1.54, 1.807) is 4.72 Å². The summed E-state index contributed by atoms with van der Waals surface area (Å²) in [4.78, 5) is 58.1. The van der Waals surface area contributed by atoms with Gasteiger partial charge in [-0.25, -0.2) is 13.9 Å². The van der Waals surface area contributed by atoms with Gasteiger partial charge in [0.05, 0.1) is 6.61 Å². The molecule has 1 atom stereocenters. The van der Waals surface area contributed by atoms with Crippen LogP contribution in [-0.2, 0) is 43.6 Å². The Bertz CT molecular complexity index is 1110. The monoisotopic (exact) mass is 648 g/mol. The van der Waals surface area contributed by atoms with Crippen LogP contribution in [0.2, 0.25) is 0 Å². The Morgan fingerprint density at radius 3 is 2.11 bits per heavy atom. The maximum absolute atomic E-state index is 14.8. The van der Waals surface area contributed by atoms with Gasteiger partial charge in [0, 0.05) is 59.3 Å². The highest BCUT2D eigenvalue weighted by molar-refractivity contribution is 7.87. The van der Waals surface area contributed by atoms with Crippen molar-refractivity contribution >= 4 is 40.1 Å². The van der Waals surface area contributed by atoms with Crippen molar-refractivity contribution < 1.29 is 51.0 Å². The van der Waals surface area contributed by atoms with E-state index in [0.29, 0.717) is 51.5 Å². The van der Waals surface area contributed by atoms with E-state index >= 15 is 0 Å². The Labute approximate surface area is 258 Å². The van der Waals surface area contributed by atoms with Gasteiger partial charge in [-0.1, -0.05) is 18.3 Å². The number of hydrogen-bond acceptors (Lipinski definition) is 10. The average Bonchev–Trinajstić information content (AvgIpc) is 2.92. The number of unbranched alkanes of at least 4 members (excludes halogenated alkanes) is 3. The summed E-state index contributed by atoms with van der Waals surface area (Å²) in [7, 11) is -4.37. The van der Waals surface area contributed by atoms with Crippen LogP contribution in [-0.4, -0.2) is 94.2 Å². The molecule has 44 heavy (non-hydrogen) atoms. The van der Waals surface area contributed by atoms with Gasteiger partial charge in [0.25, 0.3) is 5.91 Å². The van der Waals surface area contributed by atoms with Crippen LogP contribution in [0.1, 0.15) is 84.5 Å². The molecule has 1 aliphatic rings. The van der Waals surface area contributed by atoms with Crippen molar-refractivity contribution in [2.45, 2.75) is 90.1 Å². The maximum atomic E-state index is 14.8. The molecule has 0 heterocycles. The molecule has 0 bridgehead atoms. The van der Waals surface area contributed by atoms with Crippen molar-refractivity contribution in [1.82, 2.24) is 19.7 Å². The molecule has 0 aromatic heterocycles. The minimum Gasteiger partial charge on any atom is -0.464 e. The minimum atomic E-state index is -4.37. The molecule has 250 valence electrons. The molecule has 0 spiro atoms. The topological polar surface area (TPSA) is 187 Å². The van der Waals surface area contributed by atoms with Gasteiger partial charge in [0.15, 0.2) is 0 Å². The van der Waals surface area contributed by atoms with E-state index in [-0.39, 0.29) is 58.2 Å². The summed E-state index contributed by atoms with van der Waals surface area (Å²) in [5.74, 6) is 3.11. The molecule has 0 aromatic rings. The number of carbonyl (C=O) groups excluding carboxylic acids is 5. The third-order valence-electron chi connectivity index (χ3n) is 6.31. The van der Waals surface area contributed by atoms with E-state index in [1.807, 2.05) is 0 Å². The van der Waals surface area contributed by atoms with Crippen molar-refractivity contribution in [2.24, 2.45) is 0 Å². The third-order valence-corrected chi connectivity index (χ3v) is 7.78.